The first-order valence-corrected chi connectivity index (χ1v) is 16.2. The molecule has 3 fully saturated rings. The molecular formula is C31H51N3O4S. The van der Waals surface area contributed by atoms with Gasteiger partial charge in [-0.15, -0.1) is 0 Å². The molecule has 0 unspecified atom stereocenters. The first-order valence-electron chi connectivity index (χ1n) is 15.5. The minimum Gasteiger partial charge on any atom is -0.481 e. The molecule has 0 bridgehead atoms. The zero-order valence-electron chi connectivity index (χ0n) is 24.4. The van der Waals surface area contributed by atoms with E-state index in [9.17, 15) is 19.5 Å². The van der Waals surface area contributed by atoms with Crippen molar-refractivity contribution in [2.45, 2.75) is 104 Å². The third-order valence-electron chi connectivity index (χ3n) is 8.26. The monoisotopic (exact) mass is 561 g/mol. The number of hydrogen-bond acceptors (Lipinski definition) is 7. The number of thiol groups is 1. The Hall–Kier alpha value is -1.96. The first kappa shape index (κ1) is 31.6. The van der Waals surface area contributed by atoms with Gasteiger partial charge in [0, 0.05) is 51.1 Å². The van der Waals surface area contributed by atoms with Gasteiger partial charge < -0.3 is 19.8 Å². The molecule has 0 radical (unpaired) electrons. The van der Waals surface area contributed by atoms with Crippen LogP contribution in [0, 0.1) is 5.41 Å². The van der Waals surface area contributed by atoms with Gasteiger partial charge >= 0.3 is 5.97 Å². The van der Waals surface area contributed by atoms with Gasteiger partial charge in [-0.1, -0.05) is 90.9 Å². The maximum absolute atomic E-state index is 12.4. The Morgan fingerprint density at radius 1 is 0.744 bits per heavy atom. The maximum atomic E-state index is 12.4. The van der Waals surface area contributed by atoms with Gasteiger partial charge in [-0.2, -0.15) is 12.6 Å². The van der Waals surface area contributed by atoms with Gasteiger partial charge in [0.25, 0.3) is 0 Å². The fourth-order valence-corrected chi connectivity index (χ4v) is 5.78. The number of ketones is 2. The molecule has 39 heavy (non-hydrogen) atoms. The molecule has 3 saturated heterocycles. The molecule has 4 aliphatic rings. The van der Waals surface area contributed by atoms with Gasteiger partial charge in [0.1, 0.15) is 11.4 Å². The topological polar surface area (TPSA) is 80.5 Å². The summed E-state index contributed by atoms with van der Waals surface area (Å²) in [6.07, 6.45) is 17.7. The average Bonchev–Trinajstić information content (AvgIpc) is 3.77. The third kappa shape index (κ3) is 9.58. The average molecular weight is 562 g/mol. The van der Waals surface area contributed by atoms with Gasteiger partial charge in [-0.25, -0.2) is 0 Å². The van der Waals surface area contributed by atoms with Crippen molar-refractivity contribution in [1.82, 2.24) is 14.7 Å². The predicted molar refractivity (Wildman–Crippen MR) is 160 cm³/mol. The third-order valence-corrected chi connectivity index (χ3v) is 8.87. The first-order chi connectivity index (χ1) is 18.9. The Balaban J connectivity index is 0.000000220. The van der Waals surface area contributed by atoms with E-state index in [0.29, 0.717) is 22.8 Å². The van der Waals surface area contributed by atoms with E-state index in [4.69, 9.17) is 0 Å². The number of nitrogens with zero attached hydrogens (tertiary/aromatic N) is 3. The molecule has 0 saturated carbocycles. The molecule has 1 N–H and O–H groups in total. The van der Waals surface area contributed by atoms with E-state index < -0.39 is 11.4 Å². The van der Waals surface area contributed by atoms with Gasteiger partial charge in [0.05, 0.1) is 11.1 Å². The van der Waals surface area contributed by atoms with Crippen LogP contribution in [0.1, 0.15) is 104 Å². The summed E-state index contributed by atoms with van der Waals surface area (Å²) in [7, 11) is 0. The highest BCUT2D eigenvalue weighted by Crippen LogP contribution is 2.35. The summed E-state index contributed by atoms with van der Waals surface area (Å²) in [5.41, 5.74) is 1.30. The van der Waals surface area contributed by atoms with Crippen LogP contribution in [0.25, 0.3) is 0 Å². The Morgan fingerprint density at radius 2 is 1.18 bits per heavy atom. The highest BCUT2D eigenvalue weighted by atomic mass is 32.1. The molecular weight excluding hydrogens is 510 g/mol. The Morgan fingerprint density at radius 3 is 1.59 bits per heavy atom. The van der Waals surface area contributed by atoms with Crippen molar-refractivity contribution in [1.29, 1.82) is 0 Å². The molecule has 1 aliphatic carbocycles. The second kappa shape index (κ2) is 15.7. The van der Waals surface area contributed by atoms with Crippen molar-refractivity contribution in [2.75, 3.05) is 45.0 Å². The number of carbonyl (C=O) groups excluding carboxylic acids is 2. The van der Waals surface area contributed by atoms with Crippen LogP contribution in [0.3, 0.4) is 0 Å². The summed E-state index contributed by atoms with van der Waals surface area (Å²) in [6.45, 7) is 9.84. The van der Waals surface area contributed by atoms with Crippen molar-refractivity contribution in [3.05, 3.63) is 23.2 Å². The van der Waals surface area contributed by atoms with E-state index in [1.807, 2.05) is 14.7 Å². The second-order valence-electron chi connectivity index (χ2n) is 11.7. The smallest absolute Gasteiger partial charge is 0.310 e. The lowest BCUT2D eigenvalue weighted by Gasteiger charge is -2.28. The molecule has 3 aliphatic heterocycles. The molecule has 0 aromatic carbocycles. The number of allylic oxidation sites excluding steroid dienone is 1. The van der Waals surface area contributed by atoms with Crippen molar-refractivity contribution >= 4 is 30.2 Å². The molecule has 0 aromatic rings. The summed E-state index contributed by atoms with van der Waals surface area (Å²) in [6, 6.07) is 0. The van der Waals surface area contributed by atoms with Gasteiger partial charge in [-0.05, 0) is 12.8 Å². The van der Waals surface area contributed by atoms with Crippen molar-refractivity contribution < 1.29 is 19.5 Å². The van der Waals surface area contributed by atoms with Crippen LogP contribution in [-0.4, -0.2) is 82.4 Å². The summed E-state index contributed by atoms with van der Waals surface area (Å²) in [4.78, 5) is 42.2. The van der Waals surface area contributed by atoms with E-state index >= 15 is 0 Å². The molecule has 0 aromatic heterocycles. The quantitative estimate of drug-likeness (QED) is 0.0910. The SMILES string of the molecule is CCCCCCCCC(CS)(CCCCCCCC)C(=O)O.O=C1C=C(N2CC2)C(=O)C(N2CC2)=C1N1CC1. The molecule has 0 amide bonds. The zero-order chi connectivity index (χ0) is 28.3. The standard InChI is InChI=1S/C19H38O2S.C12H13N3O2/c1-3-5-7-9-11-13-15-19(17-22,18(20)21)16-14-12-10-8-6-4-2;16-9-7-8(13-1-2-13)12(17)11(15-5-6-15)10(9)14-3-4-14/h22H,3-17H2,1-2H3,(H,20,21);7H,1-6H2. The van der Waals surface area contributed by atoms with E-state index in [-0.39, 0.29) is 11.6 Å². The van der Waals surface area contributed by atoms with Crippen LogP contribution in [0.5, 0.6) is 0 Å². The van der Waals surface area contributed by atoms with Gasteiger partial charge in [-0.3, -0.25) is 14.4 Å². The van der Waals surface area contributed by atoms with Crippen molar-refractivity contribution in [3.8, 4) is 0 Å². The number of carboxylic acid groups (broad SMARTS) is 1. The maximum Gasteiger partial charge on any atom is 0.310 e. The van der Waals surface area contributed by atoms with Crippen molar-refractivity contribution in [2.24, 2.45) is 5.41 Å². The lowest BCUT2D eigenvalue weighted by atomic mass is 9.79. The highest BCUT2D eigenvalue weighted by molar-refractivity contribution is 7.80. The summed E-state index contributed by atoms with van der Waals surface area (Å²) >= 11 is 4.38. The zero-order valence-corrected chi connectivity index (χ0v) is 25.3. The number of unbranched alkanes of at least 4 members (excludes halogenated alkanes) is 10. The van der Waals surface area contributed by atoms with E-state index in [2.05, 4.69) is 26.5 Å². The van der Waals surface area contributed by atoms with Crippen LogP contribution in [-0.2, 0) is 14.4 Å². The van der Waals surface area contributed by atoms with Gasteiger partial charge in [0.2, 0.25) is 11.6 Å². The van der Waals surface area contributed by atoms with E-state index in [1.54, 1.807) is 0 Å². The lowest BCUT2D eigenvalue weighted by Crippen LogP contribution is -2.33. The summed E-state index contributed by atoms with van der Waals surface area (Å²) in [5, 5.41) is 9.66. The number of aliphatic carboxylic acids is 1. The van der Waals surface area contributed by atoms with E-state index in [0.717, 1.165) is 65.0 Å². The largest absolute Gasteiger partial charge is 0.481 e. The minimum absolute atomic E-state index is 0.00546. The van der Waals surface area contributed by atoms with Crippen LogP contribution >= 0.6 is 12.6 Å². The summed E-state index contributed by atoms with van der Waals surface area (Å²) in [5.74, 6) is -0.108. The van der Waals surface area contributed by atoms with Crippen LogP contribution in [0.2, 0.25) is 0 Å². The number of carboxylic acids is 1. The Labute approximate surface area is 241 Å². The fourth-order valence-electron chi connectivity index (χ4n) is 5.33. The number of hydrogen-bond donors (Lipinski definition) is 2. The molecule has 0 atom stereocenters. The molecule has 4 rings (SSSR count). The Kier molecular flexibility index (Phi) is 12.7. The minimum atomic E-state index is -0.635. The number of Topliss-reactive ketones (excluding diaryl/α,β-unsaturated/α-hetero) is 1. The number of rotatable bonds is 19. The van der Waals surface area contributed by atoms with Crippen LogP contribution in [0.4, 0.5) is 0 Å². The molecule has 8 heteroatoms. The molecule has 3 heterocycles. The second-order valence-corrected chi connectivity index (χ2v) is 12.0. The Bertz CT molecular complexity index is 888. The normalized spacial score (nSPS) is 18.2. The summed E-state index contributed by atoms with van der Waals surface area (Å²) < 4.78 is 0. The van der Waals surface area contributed by atoms with E-state index in [1.165, 1.54) is 70.3 Å². The van der Waals surface area contributed by atoms with Gasteiger partial charge in [0.15, 0.2) is 0 Å². The molecule has 220 valence electrons. The van der Waals surface area contributed by atoms with Crippen LogP contribution in [0.15, 0.2) is 23.2 Å². The number of carbonyl (C=O) groups is 3. The fraction of sp³-hybridized carbons (Fsp3) is 0.774. The highest BCUT2D eigenvalue weighted by Gasteiger charge is 2.43. The lowest BCUT2D eigenvalue weighted by molar-refractivity contribution is -0.148. The van der Waals surface area contributed by atoms with Crippen LogP contribution < -0.4 is 0 Å². The predicted octanol–water partition coefficient (Wildman–Crippen LogP) is 5.67. The van der Waals surface area contributed by atoms with Crippen molar-refractivity contribution in [3.63, 3.8) is 0 Å². The molecule has 7 nitrogen and oxygen atoms in total. The molecule has 0 spiro atoms.